The predicted octanol–water partition coefficient (Wildman–Crippen LogP) is 3.35. The molecule has 4 aromatic rings. The van der Waals surface area contributed by atoms with Gasteiger partial charge in [0, 0.05) is 29.8 Å². The smallest absolute Gasteiger partial charge is 0.261 e. The molecule has 0 aliphatic heterocycles. The number of rotatable bonds is 6. The molecule has 0 aliphatic carbocycles. The third-order valence-corrected chi connectivity index (χ3v) is 5.32. The lowest BCUT2D eigenvalue weighted by atomic mass is 10.3. The molecular formula is C19H15FN6O2S. The van der Waals surface area contributed by atoms with Gasteiger partial charge in [0.25, 0.3) is 10.0 Å². The summed E-state index contributed by atoms with van der Waals surface area (Å²) >= 11 is 0. The number of sulfonamides is 1. The van der Waals surface area contributed by atoms with Crippen molar-refractivity contribution >= 4 is 27.2 Å². The molecule has 2 N–H and O–H groups in total. The zero-order valence-electron chi connectivity index (χ0n) is 14.9. The minimum atomic E-state index is -3.88. The second-order valence-corrected chi connectivity index (χ2v) is 7.68. The maximum absolute atomic E-state index is 13.3. The van der Waals surface area contributed by atoms with Crippen molar-refractivity contribution in [1.29, 1.82) is 0 Å². The largest absolute Gasteiger partial charge is 0.340 e. The lowest BCUT2D eigenvalue weighted by molar-refractivity contribution is 0.595. The molecule has 2 heterocycles. The Hall–Kier alpha value is -3.79. The van der Waals surface area contributed by atoms with Gasteiger partial charge < -0.3 is 5.32 Å². The number of anilines is 3. The van der Waals surface area contributed by atoms with Crippen LogP contribution < -0.4 is 10.0 Å². The Morgan fingerprint density at radius 1 is 0.966 bits per heavy atom. The predicted molar refractivity (Wildman–Crippen MR) is 106 cm³/mol. The van der Waals surface area contributed by atoms with Crippen LogP contribution in [-0.2, 0) is 10.0 Å². The van der Waals surface area contributed by atoms with Gasteiger partial charge in [-0.3, -0.25) is 9.29 Å². The Labute approximate surface area is 166 Å². The summed E-state index contributed by atoms with van der Waals surface area (Å²) in [5, 5.41) is 3.12. The molecule has 29 heavy (non-hydrogen) atoms. The van der Waals surface area contributed by atoms with E-state index in [1.165, 1.54) is 24.5 Å². The SMILES string of the molecule is O=S(=O)(Nc1ccc(Nc2cc(-n3ccnc3)ncn2)cc1)c1cccc(F)c1. The molecule has 10 heteroatoms. The van der Waals surface area contributed by atoms with Crippen LogP contribution in [0, 0.1) is 5.82 Å². The first kappa shape index (κ1) is 18.6. The average Bonchev–Trinajstić information content (AvgIpc) is 3.25. The van der Waals surface area contributed by atoms with Gasteiger partial charge in [-0.1, -0.05) is 6.07 Å². The molecular weight excluding hydrogens is 395 g/mol. The molecule has 4 rings (SSSR count). The van der Waals surface area contributed by atoms with Crippen molar-refractivity contribution in [2.24, 2.45) is 0 Å². The molecule has 0 aliphatic rings. The maximum atomic E-state index is 13.3. The quantitative estimate of drug-likeness (QED) is 0.505. The van der Waals surface area contributed by atoms with Crippen molar-refractivity contribution in [1.82, 2.24) is 19.5 Å². The van der Waals surface area contributed by atoms with Crippen molar-refractivity contribution in [2.75, 3.05) is 10.0 Å². The molecule has 146 valence electrons. The van der Waals surface area contributed by atoms with Crippen LogP contribution in [0.1, 0.15) is 0 Å². The number of nitrogens with one attached hydrogen (secondary N) is 2. The monoisotopic (exact) mass is 410 g/mol. The average molecular weight is 410 g/mol. The van der Waals surface area contributed by atoms with Crippen molar-refractivity contribution in [3.63, 3.8) is 0 Å². The van der Waals surface area contributed by atoms with Gasteiger partial charge in [-0.05, 0) is 42.5 Å². The van der Waals surface area contributed by atoms with Crippen molar-refractivity contribution in [3.05, 3.63) is 85.5 Å². The first-order valence-corrected chi connectivity index (χ1v) is 9.94. The standard InChI is InChI=1S/C19H15FN6O2S/c20-14-2-1-3-17(10-14)29(27,28)25-16-6-4-15(5-7-16)24-18-11-19(23-12-22-18)26-9-8-21-13-26/h1-13,25H,(H,22,23,24). The van der Waals surface area contributed by atoms with Crippen molar-refractivity contribution in [3.8, 4) is 5.82 Å². The highest BCUT2D eigenvalue weighted by atomic mass is 32.2. The van der Waals surface area contributed by atoms with E-state index >= 15 is 0 Å². The summed E-state index contributed by atoms with van der Waals surface area (Å²) < 4.78 is 42.2. The minimum Gasteiger partial charge on any atom is -0.340 e. The highest BCUT2D eigenvalue weighted by Gasteiger charge is 2.14. The Morgan fingerprint density at radius 2 is 1.76 bits per heavy atom. The Kier molecular flexibility index (Phi) is 4.92. The van der Waals surface area contributed by atoms with Crippen LogP contribution in [0.5, 0.6) is 0 Å². The van der Waals surface area contributed by atoms with Crippen LogP contribution in [-0.4, -0.2) is 27.9 Å². The first-order chi connectivity index (χ1) is 14.0. The number of benzene rings is 2. The number of aromatic nitrogens is 4. The molecule has 0 unspecified atom stereocenters. The summed E-state index contributed by atoms with van der Waals surface area (Å²) in [5.74, 6) is 0.601. The van der Waals surface area contributed by atoms with Crippen LogP contribution in [0.2, 0.25) is 0 Å². The molecule has 0 bridgehead atoms. The summed E-state index contributed by atoms with van der Waals surface area (Å²) in [6.07, 6.45) is 6.48. The van der Waals surface area contributed by atoms with Crippen LogP contribution in [0.4, 0.5) is 21.6 Å². The van der Waals surface area contributed by atoms with Gasteiger partial charge in [0.15, 0.2) is 0 Å². The number of imidazole rings is 1. The van der Waals surface area contributed by atoms with Gasteiger partial charge in [-0.25, -0.2) is 27.8 Å². The van der Waals surface area contributed by atoms with E-state index in [0.717, 1.165) is 6.07 Å². The van der Waals surface area contributed by atoms with Crippen molar-refractivity contribution in [2.45, 2.75) is 4.90 Å². The normalized spacial score (nSPS) is 11.2. The summed E-state index contributed by atoms with van der Waals surface area (Å²) in [5.41, 5.74) is 1.05. The molecule has 0 saturated heterocycles. The van der Waals surface area contributed by atoms with Crippen LogP contribution >= 0.6 is 0 Å². The Balaban J connectivity index is 1.48. The second kappa shape index (κ2) is 7.68. The molecule has 2 aromatic heterocycles. The third-order valence-electron chi connectivity index (χ3n) is 3.94. The molecule has 0 radical (unpaired) electrons. The van der Waals surface area contributed by atoms with E-state index in [0.29, 0.717) is 23.0 Å². The van der Waals surface area contributed by atoms with Crippen LogP contribution in [0.3, 0.4) is 0 Å². The van der Waals surface area contributed by atoms with Gasteiger partial charge in [0.05, 0.1) is 4.90 Å². The van der Waals surface area contributed by atoms with E-state index in [1.54, 1.807) is 53.6 Å². The fraction of sp³-hybridized carbons (Fsp3) is 0. The van der Waals surface area contributed by atoms with E-state index in [-0.39, 0.29) is 4.90 Å². The van der Waals surface area contributed by atoms with Gasteiger partial charge in [0.2, 0.25) is 0 Å². The third kappa shape index (κ3) is 4.38. The van der Waals surface area contributed by atoms with Gasteiger partial charge in [-0.2, -0.15) is 0 Å². The summed E-state index contributed by atoms with van der Waals surface area (Å²) in [6, 6.07) is 13.2. The minimum absolute atomic E-state index is 0.146. The molecule has 2 aromatic carbocycles. The number of halogens is 1. The zero-order valence-corrected chi connectivity index (χ0v) is 15.7. The summed E-state index contributed by atoms with van der Waals surface area (Å²) in [4.78, 5) is 12.2. The lowest BCUT2D eigenvalue weighted by Gasteiger charge is -2.10. The van der Waals surface area contributed by atoms with Gasteiger partial charge in [-0.15, -0.1) is 0 Å². The maximum Gasteiger partial charge on any atom is 0.261 e. The summed E-state index contributed by atoms with van der Waals surface area (Å²) in [6.45, 7) is 0. The highest BCUT2D eigenvalue weighted by molar-refractivity contribution is 7.92. The van der Waals surface area contributed by atoms with E-state index < -0.39 is 15.8 Å². The number of hydrogen-bond donors (Lipinski definition) is 2. The second-order valence-electron chi connectivity index (χ2n) is 6.00. The number of hydrogen-bond acceptors (Lipinski definition) is 6. The zero-order chi connectivity index (χ0) is 20.3. The molecule has 8 nitrogen and oxygen atoms in total. The molecule has 0 fully saturated rings. The number of nitrogens with zero attached hydrogens (tertiary/aromatic N) is 4. The lowest BCUT2D eigenvalue weighted by Crippen LogP contribution is -2.13. The Bertz CT molecular complexity index is 1230. The van der Waals surface area contributed by atoms with E-state index in [4.69, 9.17) is 0 Å². The van der Waals surface area contributed by atoms with Gasteiger partial charge in [0.1, 0.15) is 30.1 Å². The molecule has 0 spiro atoms. The van der Waals surface area contributed by atoms with Crippen LogP contribution in [0.15, 0.2) is 84.5 Å². The first-order valence-electron chi connectivity index (χ1n) is 8.45. The van der Waals surface area contributed by atoms with Crippen LogP contribution in [0.25, 0.3) is 5.82 Å². The van der Waals surface area contributed by atoms with Gasteiger partial charge >= 0.3 is 0 Å². The Morgan fingerprint density at radius 3 is 2.48 bits per heavy atom. The van der Waals surface area contributed by atoms with E-state index in [9.17, 15) is 12.8 Å². The summed E-state index contributed by atoms with van der Waals surface area (Å²) in [7, 11) is -3.88. The topological polar surface area (TPSA) is 102 Å². The van der Waals surface area contributed by atoms with E-state index in [2.05, 4.69) is 25.0 Å². The molecule has 0 amide bonds. The van der Waals surface area contributed by atoms with E-state index in [1.807, 2.05) is 0 Å². The highest BCUT2D eigenvalue weighted by Crippen LogP contribution is 2.21. The van der Waals surface area contributed by atoms with Crippen molar-refractivity contribution < 1.29 is 12.8 Å². The fourth-order valence-electron chi connectivity index (χ4n) is 2.57. The molecule has 0 saturated carbocycles. The fourth-order valence-corrected chi connectivity index (χ4v) is 3.66. The molecule has 0 atom stereocenters.